The van der Waals surface area contributed by atoms with Gasteiger partial charge in [-0.25, -0.2) is 0 Å². The van der Waals surface area contributed by atoms with E-state index < -0.39 is 0 Å². The molecule has 3 rings (SSSR count). The van der Waals surface area contributed by atoms with Crippen molar-refractivity contribution < 1.29 is 4.79 Å². The second kappa shape index (κ2) is 5.14. The minimum Gasteiger partial charge on any atom is -0.356 e. The number of amides is 1. The summed E-state index contributed by atoms with van der Waals surface area (Å²) in [6.45, 7) is 0.780. The van der Waals surface area contributed by atoms with Gasteiger partial charge in [0.15, 0.2) is 0 Å². The Morgan fingerprint density at radius 3 is 2.89 bits per heavy atom. The van der Waals surface area contributed by atoms with Crippen molar-refractivity contribution in [2.45, 2.75) is 43.7 Å². The largest absolute Gasteiger partial charge is 0.356 e. The van der Waals surface area contributed by atoms with E-state index in [0.29, 0.717) is 12.5 Å². The highest BCUT2D eigenvalue weighted by atomic mass is 35.5. The molecule has 0 spiro atoms. The van der Waals surface area contributed by atoms with Gasteiger partial charge >= 0.3 is 0 Å². The van der Waals surface area contributed by atoms with Gasteiger partial charge in [-0.05, 0) is 43.4 Å². The van der Waals surface area contributed by atoms with E-state index in [9.17, 15) is 4.79 Å². The lowest BCUT2D eigenvalue weighted by Crippen LogP contribution is -2.38. The molecule has 1 saturated carbocycles. The fourth-order valence-corrected chi connectivity index (χ4v) is 3.08. The summed E-state index contributed by atoms with van der Waals surface area (Å²) in [6, 6.07) is 8.54. The minimum absolute atomic E-state index is 0.100. The van der Waals surface area contributed by atoms with Crippen molar-refractivity contribution in [2.24, 2.45) is 0 Å². The minimum atomic E-state index is 0.100. The number of carbonyl (C=O) groups is 1. The molecule has 1 atom stereocenters. The molecule has 0 unspecified atom stereocenters. The maximum Gasteiger partial charge on any atom is 0.220 e. The normalized spacial score (nSPS) is 25.5. The zero-order valence-electron chi connectivity index (χ0n) is 10.9. The standard InChI is InChI=1S/C15H19ClN2O/c16-12-3-1-2-11(10-12)15(7-8-15)18-13-4-5-14(19)17-9-6-13/h1-3,10,13,18H,4-9H2,(H,17,19)/t13-/m0/s1. The quantitative estimate of drug-likeness (QED) is 0.892. The molecule has 0 aromatic heterocycles. The van der Waals surface area contributed by atoms with Crippen LogP contribution in [0, 0.1) is 0 Å². The summed E-state index contributed by atoms with van der Waals surface area (Å²) in [7, 11) is 0. The van der Waals surface area contributed by atoms with Crippen molar-refractivity contribution in [2.75, 3.05) is 6.54 Å². The second-order valence-corrected chi connectivity index (χ2v) is 6.05. The molecule has 2 aliphatic rings. The van der Waals surface area contributed by atoms with Crippen LogP contribution < -0.4 is 10.6 Å². The van der Waals surface area contributed by atoms with Crippen molar-refractivity contribution >= 4 is 17.5 Å². The van der Waals surface area contributed by atoms with E-state index in [0.717, 1.165) is 37.3 Å². The molecule has 0 bridgehead atoms. The number of hydrogen-bond donors (Lipinski definition) is 2. The number of carbonyl (C=O) groups excluding carboxylic acids is 1. The SMILES string of the molecule is O=C1CC[C@H](NC2(c3cccc(Cl)c3)CC2)CCN1. The van der Waals surface area contributed by atoms with Crippen LogP contribution in [0.2, 0.25) is 5.02 Å². The molecule has 3 nitrogen and oxygen atoms in total. The topological polar surface area (TPSA) is 41.1 Å². The van der Waals surface area contributed by atoms with E-state index in [4.69, 9.17) is 11.6 Å². The van der Waals surface area contributed by atoms with E-state index in [-0.39, 0.29) is 11.4 Å². The summed E-state index contributed by atoms with van der Waals surface area (Å²) in [5.74, 6) is 0.178. The first-order valence-corrected chi connectivity index (χ1v) is 7.36. The molecule has 0 radical (unpaired) electrons. The highest BCUT2D eigenvalue weighted by Gasteiger charge is 2.45. The predicted octanol–water partition coefficient (Wildman–Crippen LogP) is 2.59. The first-order valence-electron chi connectivity index (χ1n) is 6.98. The van der Waals surface area contributed by atoms with E-state index in [2.05, 4.69) is 22.8 Å². The van der Waals surface area contributed by atoms with Crippen LogP contribution in [0.4, 0.5) is 0 Å². The number of halogens is 1. The third-order valence-corrected chi connectivity index (χ3v) is 4.38. The molecular formula is C15H19ClN2O. The second-order valence-electron chi connectivity index (χ2n) is 5.61. The maximum atomic E-state index is 11.4. The number of rotatable bonds is 3. The van der Waals surface area contributed by atoms with Gasteiger partial charge in [0.2, 0.25) is 5.91 Å². The Balaban J connectivity index is 1.70. The van der Waals surface area contributed by atoms with Gasteiger partial charge in [0.25, 0.3) is 0 Å². The molecule has 1 aliphatic heterocycles. The fraction of sp³-hybridized carbons (Fsp3) is 0.533. The zero-order valence-corrected chi connectivity index (χ0v) is 11.7. The molecule has 102 valence electrons. The molecular weight excluding hydrogens is 260 g/mol. The molecule has 19 heavy (non-hydrogen) atoms. The van der Waals surface area contributed by atoms with Gasteiger partial charge in [-0.15, -0.1) is 0 Å². The lowest BCUT2D eigenvalue weighted by molar-refractivity contribution is -0.120. The van der Waals surface area contributed by atoms with Crippen LogP contribution in [-0.4, -0.2) is 18.5 Å². The van der Waals surface area contributed by atoms with E-state index in [1.165, 1.54) is 5.56 Å². The Morgan fingerprint density at radius 1 is 1.32 bits per heavy atom. The Bertz CT molecular complexity index is 485. The number of hydrogen-bond acceptors (Lipinski definition) is 2. The molecule has 1 saturated heterocycles. The Labute approximate surface area is 118 Å². The summed E-state index contributed by atoms with van der Waals surface area (Å²) in [6.07, 6.45) is 4.88. The van der Waals surface area contributed by atoms with E-state index >= 15 is 0 Å². The smallest absolute Gasteiger partial charge is 0.220 e. The van der Waals surface area contributed by atoms with Crippen LogP contribution in [0.25, 0.3) is 0 Å². The molecule has 1 amide bonds. The van der Waals surface area contributed by atoms with Gasteiger partial charge in [0.1, 0.15) is 0 Å². The van der Waals surface area contributed by atoms with Crippen LogP contribution in [0.5, 0.6) is 0 Å². The van der Waals surface area contributed by atoms with Crippen LogP contribution in [0.1, 0.15) is 37.7 Å². The highest BCUT2D eigenvalue weighted by Crippen LogP contribution is 2.46. The predicted molar refractivity (Wildman–Crippen MR) is 76.1 cm³/mol. The summed E-state index contributed by atoms with van der Waals surface area (Å²) < 4.78 is 0. The van der Waals surface area contributed by atoms with Gasteiger partial charge in [0.05, 0.1) is 0 Å². The van der Waals surface area contributed by atoms with Crippen LogP contribution in [0.3, 0.4) is 0 Å². The van der Waals surface area contributed by atoms with Crippen LogP contribution >= 0.6 is 11.6 Å². The van der Waals surface area contributed by atoms with Gasteiger partial charge in [-0.2, -0.15) is 0 Å². The molecule has 4 heteroatoms. The maximum absolute atomic E-state index is 11.4. The Morgan fingerprint density at radius 2 is 2.16 bits per heavy atom. The zero-order chi connectivity index (χ0) is 13.3. The van der Waals surface area contributed by atoms with E-state index in [1.54, 1.807) is 0 Å². The summed E-state index contributed by atoms with van der Waals surface area (Å²) in [5.41, 5.74) is 1.38. The van der Waals surface area contributed by atoms with Crippen molar-refractivity contribution in [3.05, 3.63) is 34.9 Å². The van der Waals surface area contributed by atoms with Crippen molar-refractivity contribution in [3.63, 3.8) is 0 Å². The molecule has 1 aliphatic carbocycles. The average molecular weight is 279 g/mol. The fourth-order valence-electron chi connectivity index (χ4n) is 2.89. The highest BCUT2D eigenvalue weighted by molar-refractivity contribution is 6.30. The molecule has 2 N–H and O–H groups in total. The van der Waals surface area contributed by atoms with Crippen molar-refractivity contribution in [1.29, 1.82) is 0 Å². The third-order valence-electron chi connectivity index (χ3n) is 4.14. The molecule has 1 aromatic rings. The van der Waals surface area contributed by atoms with Crippen molar-refractivity contribution in [3.8, 4) is 0 Å². The average Bonchev–Trinajstić information content (AvgIpc) is 3.18. The lowest BCUT2D eigenvalue weighted by atomic mass is 10.0. The van der Waals surface area contributed by atoms with Gasteiger partial charge in [0, 0.05) is 29.6 Å². The third kappa shape index (κ3) is 2.93. The number of nitrogens with one attached hydrogen (secondary N) is 2. The summed E-state index contributed by atoms with van der Waals surface area (Å²) >= 11 is 6.08. The molecule has 2 fully saturated rings. The summed E-state index contributed by atoms with van der Waals surface area (Å²) in [5, 5.41) is 7.48. The van der Waals surface area contributed by atoms with Crippen LogP contribution in [0.15, 0.2) is 24.3 Å². The van der Waals surface area contributed by atoms with Gasteiger partial charge in [-0.1, -0.05) is 23.7 Å². The Kier molecular flexibility index (Phi) is 3.50. The van der Waals surface area contributed by atoms with E-state index in [1.807, 2.05) is 12.1 Å². The summed E-state index contributed by atoms with van der Waals surface area (Å²) in [4.78, 5) is 11.4. The Hall–Kier alpha value is -1.06. The number of benzene rings is 1. The monoisotopic (exact) mass is 278 g/mol. The lowest BCUT2D eigenvalue weighted by Gasteiger charge is -2.25. The van der Waals surface area contributed by atoms with Gasteiger partial charge < -0.3 is 10.6 Å². The van der Waals surface area contributed by atoms with Crippen LogP contribution in [-0.2, 0) is 10.3 Å². The molecule has 1 heterocycles. The van der Waals surface area contributed by atoms with Crippen molar-refractivity contribution in [1.82, 2.24) is 10.6 Å². The first kappa shape index (κ1) is 12.9. The van der Waals surface area contributed by atoms with Gasteiger partial charge in [-0.3, -0.25) is 4.79 Å². The first-order chi connectivity index (χ1) is 9.18. The molecule has 1 aromatic carbocycles.